The number of carbonyl (C=O) groups is 2. The van der Waals surface area contributed by atoms with E-state index in [1.807, 2.05) is 36.4 Å². The van der Waals surface area contributed by atoms with E-state index < -0.39 is 23.5 Å². The van der Waals surface area contributed by atoms with Crippen molar-refractivity contribution in [3.63, 3.8) is 0 Å². The minimum absolute atomic E-state index is 0.141. The third-order valence-corrected chi connectivity index (χ3v) is 6.31. The Labute approximate surface area is 205 Å². The predicted molar refractivity (Wildman–Crippen MR) is 132 cm³/mol. The molecule has 0 bridgehead atoms. The first-order chi connectivity index (χ1) is 17.0. The lowest BCUT2D eigenvalue weighted by Crippen LogP contribution is -2.29. The van der Waals surface area contributed by atoms with E-state index in [4.69, 9.17) is 25.5 Å². The number of ether oxygens (including phenoxy) is 2. The summed E-state index contributed by atoms with van der Waals surface area (Å²) < 4.78 is 16.3. The Morgan fingerprint density at radius 1 is 0.971 bits per heavy atom. The minimum Gasteiger partial charge on any atom is -0.507 e. The van der Waals surface area contributed by atoms with Crippen molar-refractivity contribution in [2.75, 3.05) is 19.1 Å². The summed E-state index contributed by atoms with van der Waals surface area (Å²) in [6.07, 6.45) is 1.45. The number of aliphatic hydroxyl groups is 1. The Balaban J connectivity index is 1.77. The molecule has 176 valence electrons. The fourth-order valence-corrected chi connectivity index (χ4v) is 4.65. The number of fused-ring (bicyclic) bond motifs is 1. The Kier molecular flexibility index (Phi) is 5.70. The van der Waals surface area contributed by atoms with Gasteiger partial charge in [-0.25, -0.2) is 0 Å². The van der Waals surface area contributed by atoms with E-state index in [9.17, 15) is 14.7 Å². The maximum absolute atomic E-state index is 13.4. The number of carbonyl (C=O) groups excluding carboxylic acids is 2. The van der Waals surface area contributed by atoms with Crippen molar-refractivity contribution in [1.29, 1.82) is 0 Å². The van der Waals surface area contributed by atoms with Gasteiger partial charge in [0.1, 0.15) is 29.1 Å². The zero-order chi connectivity index (χ0) is 24.7. The van der Waals surface area contributed by atoms with E-state index in [-0.39, 0.29) is 21.9 Å². The van der Waals surface area contributed by atoms with Gasteiger partial charge in [0.2, 0.25) is 0 Å². The number of methoxy groups -OCH3 is 2. The van der Waals surface area contributed by atoms with Gasteiger partial charge in [-0.3, -0.25) is 14.5 Å². The van der Waals surface area contributed by atoms with Crippen LogP contribution in [0, 0.1) is 0 Å². The normalized spacial score (nSPS) is 17.2. The summed E-state index contributed by atoms with van der Waals surface area (Å²) in [4.78, 5) is 28.2. The Morgan fingerprint density at radius 2 is 1.71 bits per heavy atom. The average Bonchev–Trinajstić information content (AvgIpc) is 3.50. The Hall–Kier alpha value is -4.23. The van der Waals surface area contributed by atoms with E-state index in [1.165, 1.54) is 37.5 Å². The molecule has 1 saturated heterocycles. The number of Topliss-reactive ketones (excluding diaryl/α,β-unsaturated/α-hetero) is 1. The molecule has 1 unspecified atom stereocenters. The fourth-order valence-electron chi connectivity index (χ4n) is 4.41. The molecule has 1 N–H and O–H groups in total. The number of hydrogen-bond acceptors (Lipinski definition) is 6. The third-order valence-electron chi connectivity index (χ3n) is 6.01. The number of ketones is 1. The summed E-state index contributed by atoms with van der Waals surface area (Å²) in [6.45, 7) is 0. The van der Waals surface area contributed by atoms with Gasteiger partial charge in [-0.15, -0.1) is 0 Å². The largest absolute Gasteiger partial charge is 0.507 e. The molecular formula is C27H20ClNO6. The predicted octanol–water partition coefficient (Wildman–Crippen LogP) is 5.73. The molecule has 5 rings (SSSR count). The summed E-state index contributed by atoms with van der Waals surface area (Å²) in [5.41, 5.74) is 0.522. The molecule has 1 aromatic heterocycles. The van der Waals surface area contributed by atoms with Gasteiger partial charge in [0.25, 0.3) is 11.7 Å². The summed E-state index contributed by atoms with van der Waals surface area (Å²) in [6, 6.07) is 18.2. The molecular weight excluding hydrogens is 470 g/mol. The summed E-state index contributed by atoms with van der Waals surface area (Å²) in [5.74, 6) is -1.21. The third kappa shape index (κ3) is 3.61. The molecule has 3 aromatic carbocycles. The quantitative estimate of drug-likeness (QED) is 0.219. The van der Waals surface area contributed by atoms with Crippen LogP contribution in [0.1, 0.15) is 17.4 Å². The molecule has 1 aliphatic heterocycles. The minimum atomic E-state index is -1.01. The lowest BCUT2D eigenvalue weighted by molar-refractivity contribution is -0.132. The van der Waals surface area contributed by atoms with E-state index >= 15 is 0 Å². The topological polar surface area (TPSA) is 89.2 Å². The monoisotopic (exact) mass is 489 g/mol. The van der Waals surface area contributed by atoms with Crippen LogP contribution < -0.4 is 14.4 Å². The highest BCUT2D eigenvalue weighted by Gasteiger charge is 2.49. The number of furan rings is 1. The molecule has 4 aromatic rings. The van der Waals surface area contributed by atoms with E-state index in [0.717, 1.165) is 10.8 Å². The van der Waals surface area contributed by atoms with Crippen molar-refractivity contribution in [1.82, 2.24) is 0 Å². The highest BCUT2D eigenvalue weighted by molar-refractivity contribution is 6.52. The number of halogens is 1. The van der Waals surface area contributed by atoms with Crippen LogP contribution in [-0.2, 0) is 9.59 Å². The number of hydrogen-bond donors (Lipinski definition) is 1. The van der Waals surface area contributed by atoms with Crippen LogP contribution in [0.2, 0.25) is 5.02 Å². The first-order valence-corrected chi connectivity index (χ1v) is 11.1. The SMILES string of the molecule is COc1cc(OC)c(/C(O)=C2/C(=O)C(=O)N(c3cccc4ccccc34)C2c2ccco2)cc1Cl. The van der Waals surface area contributed by atoms with Crippen LogP contribution >= 0.6 is 11.6 Å². The zero-order valence-corrected chi connectivity index (χ0v) is 19.6. The van der Waals surface area contributed by atoms with Gasteiger partial charge >= 0.3 is 0 Å². The van der Waals surface area contributed by atoms with Crippen LogP contribution in [0.3, 0.4) is 0 Å². The zero-order valence-electron chi connectivity index (χ0n) is 18.8. The first kappa shape index (κ1) is 22.6. The molecule has 35 heavy (non-hydrogen) atoms. The molecule has 1 aliphatic rings. The number of aliphatic hydroxyl groups excluding tert-OH is 1. The molecule has 1 fully saturated rings. The fraction of sp³-hybridized carbons (Fsp3) is 0.111. The number of benzene rings is 3. The smallest absolute Gasteiger partial charge is 0.300 e. The van der Waals surface area contributed by atoms with Gasteiger partial charge in [-0.1, -0.05) is 48.0 Å². The molecule has 8 heteroatoms. The van der Waals surface area contributed by atoms with Gasteiger partial charge in [-0.05, 0) is 29.7 Å². The molecule has 7 nitrogen and oxygen atoms in total. The lowest BCUT2D eigenvalue weighted by atomic mass is 9.98. The molecule has 0 saturated carbocycles. The van der Waals surface area contributed by atoms with Gasteiger partial charge in [-0.2, -0.15) is 0 Å². The summed E-state index contributed by atoms with van der Waals surface area (Å²) >= 11 is 6.31. The van der Waals surface area contributed by atoms with Gasteiger partial charge in [0.15, 0.2) is 0 Å². The van der Waals surface area contributed by atoms with Crippen molar-refractivity contribution >= 4 is 45.5 Å². The van der Waals surface area contributed by atoms with Crippen molar-refractivity contribution < 1.29 is 28.6 Å². The summed E-state index contributed by atoms with van der Waals surface area (Å²) in [5, 5.41) is 13.3. The van der Waals surface area contributed by atoms with E-state index in [2.05, 4.69) is 0 Å². The number of rotatable bonds is 5. The van der Waals surface area contributed by atoms with Gasteiger partial charge in [0, 0.05) is 11.5 Å². The second kappa shape index (κ2) is 8.85. The van der Waals surface area contributed by atoms with Crippen molar-refractivity contribution in [3.8, 4) is 11.5 Å². The van der Waals surface area contributed by atoms with Crippen LogP contribution in [0.25, 0.3) is 16.5 Å². The van der Waals surface area contributed by atoms with Gasteiger partial charge < -0.3 is 19.0 Å². The molecule has 1 amide bonds. The van der Waals surface area contributed by atoms with Crippen LogP contribution in [0.4, 0.5) is 5.69 Å². The summed E-state index contributed by atoms with van der Waals surface area (Å²) in [7, 11) is 2.87. The first-order valence-electron chi connectivity index (χ1n) is 10.7. The maximum atomic E-state index is 13.4. The highest BCUT2D eigenvalue weighted by Crippen LogP contribution is 2.46. The Bertz CT molecular complexity index is 1490. The van der Waals surface area contributed by atoms with Crippen LogP contribution in [0.15, 0.2) is 83.0 Å². The molecule has 2 heterocycles. The lowest BCUT2D eigenvalue weighted by Gasteiger charge is -2.25. The average molecular weight is 490 g/mol. The van der Waals surface area contributed by atoms with Crippen LogP contribution in [0.5, 0.6) is 11.5 Å². The van der Waals surface area contributed by atoms with Crippen molar-refractivity contribution in [3.05, 3.63) is 94.9 Å². The molecule has 0 spiro atoms. The maximum Gasteiger partial charge on any atom is 0.300 e. The van der Waals surface area contributed by atoms with Crippen molar-refractivity contribution in [2.24, 2.45) is 0 Å². The molecule has 1 atom stereocenters. The van der Waals surface area contributed by atoms with Crippen LogP contribution in [-0.4, -0.2) is 31.0 Å². The van der Waals surface area contributed by atoms with Gasteiger partial charge in [0.05, 0.1) is 42.3 Å². The number of anilines is 1. The highest BCUT2D eigenvalue weighted by atomic mass is 35.5. The second-order valence-electron chi connectivity index (χ2n) is 7.87. The number of amides is 1. The van der Waals surface area contributed by atoms with Crippen molar-refractivity contribution in [2.45, 2.75) is 6.04 Å². The second-order valence-corrected chi connectivity index (χ2v) is 8.28. The molecule has 0 radical (unpaired) electrons. The number of nitrogens with zero attached hydrogens (tertiary/aromatic N) is 1. The molecule has 0 aliphatic carbocycles. The van der Waals surface area contributed by atoms with E-state index in [1.54, 1.807) is 18.2 Å². The Morgan fingerprint density at radius 3 is 2.43 bits per heavy atom. The van der Waals surface area contributed by atoms with E-state index in [0.29, 0.717) is 17.2 Å². The standard InChI is InChI=1S/C27H20ClNO6/c1-33-21-14-22(34-2)18(28)13-17(21)25(30)23-24(20-11-6-12-35-20)29(27(32)26(23)31)19-10-5-8-15-7-3-4-9-16(15)19/h3-14,24,30H,1-2H3/b25-23-.